The maximum absolute atomic E-state index is 12.6. The minimum Gasteiger partial charge on any atom is -0.354 e. The Bertz CT molecular complexity index is 993. The van der Waals surface area contributed by atoms with Crippen LogP contribution in [0.15, 0.2) is 60.9 Å². The number of rotatable bonds is 5. The third-order valence-corrected chi connectivity index (χ3v) is 5.32. The lowest BCUT2D eigenvalue weighted by molar-refractivity contribution is 0.102. The number of nitrogens with zero attached hydrogens (tertiary/aromatic N) is 4. The maximum atomic E-state index is 12.6. The number of aryl methyl sites for hydroxylation is 2. The van der Waals surface area contributed by atoms with Gasteiger partial charge < -0.3 is 10.2 Å². The van der Waals surface area contributed by atoms with Crippen molar-refractivity contribution in [1.82, 2.24) is 14.9 Å². The second kappa shape index (κ2) is 9.05. The van der Waals surface area contributed by atoms with Gasteiger partial charge in [-0.2, -0.15) is 0 Å². The molecule has 4 rings (SSSR count). The van der Waals surface area contributed by atoms with Gasteiger partial charge in [0.15, 0.2) is 0 Å². The number of benzene rings is 2. The van der Waals surface area contributed by atoms with Crippen molar-refractivity contribution in [2.45, 2.75) is 20.4 Å². The van der Waals surface area contributed by atoms with Crippen molar-refractivity contribution in [3.8, 4) is 0 Å². The molecule has 0 bridgehead atoms. The lowest BCUT2D eigenvalue weighted by atomic mass is 10.1. The predicted molar refractivity (Wildman–Crippen MR) is 120 cm³/mol. The minimum atomic E-state index is -0.154. The Morgan fingerprint density at radius 1 is 0.933 bits per heavy atom. The van der Waals surface area contributed by atoms with Crippen LogP contribution in [-0.2, 0) is 6.54 Å². The van der Waals surface area contributed by atoms with Crippen LogP contribution in [0, 0.1) is 13.8 Å². The van der Waals surface area contributed by atoms with Crippen LogP contribution < -0.4 is 10.2 Å². The van der Waals surface area contributed by atoms with Crippen LogP contribution in [0.4, 0.5) is 11.6 Å². The van der Waals surface area contributed by atoms with E-state index in [1.165, 1.54) is 11.9 Å². The Kier molecular flexibility index (Phi) is 6.05. The van der Waals surface area contributed by atoms with Crippen LogP contribution >= 0.6 is 0 Å². The van der Waals surface area contributed by atoms with Gasteiger partial charge in [-0.1, -0.05) is 47.5 Å². The number of carbonyl (C=O) groups excluding carboxylic acids is 1. The SMILES string of the molecule is Cc1cc(C)cc(C(=O)Nc2cc(N3CCN(Cc4ccccc4)CC3)ncn2)c1. The molecule has 0 unspecified atom stereocenters. The predicted octanol–water partition coefficient (Wildman–Crippen LogP) is 3.67. The number of hydrogen-bond acceptors (Lipinski definition) is 5. The quantitative estimate of drug-likeness (QED) is 0.707. The van der Waals surface area contributed by atoms with E-state index in [0.717, 1.165) is 49.7 Å². The van der Waals surface area contributed by atoms with E-state index in [9.17, 15) is 4.79 Å². The fourth-order valence-corrected chi connectivity index (χ4v) is 3.86. The first-order chi connectivity index (χ1) is 14.6. The van der Waals surface area contributed by atoms with Crippen LogP contribution in [0.2, 0.25) is 0 Å². The zero-order valence-corrected chi connectivity index (χ0v) is 17.5. The lowest BCUT2D eigenvalue weighted by Gasteiger charge is -2.35. The monoisotopic (exact) mass is 401 g/mol. The highest BCUT2D eigenvalue weighted by Gasteiger charge is 2.19. The number of amides is 1. The molecule has 6 heteroatoms. The Balaban J connectivity index is 1.37. The summed E-state index contributed by atoms with van der Waals surface area (Å²) >= 11 is 0. The summed E-state index contributed by atoms with van der Waals surface area (Å²) in [6.45, 7) is 8.69. The van der Waals surface area contributed by atoms with Gasteiger partial charge in [0.05, 0.1) is 0 Å². The van der Waals surface area contributed by atoms with Gasteiger partial charge in [0, 0.05) is 44.4 Å². The third kappa shape index (κ3) is 5.02. The molecule has 1 aromatic heterocycles. The van der Waals surface area contributed by atoms with Gasteiger partial charge in [-0.15, -0.1) is 0 Å². The Labute approximate surface area is 177 Å². The third-order valence-electron chi connectivity index (χ3n) is 5.32. The molecule has 154 valence electrons. The van der Waals surface area contributed by atoms with Crippen molar-refractivity contribution < 1.29 is 4.79 Å². The second-order valence-electron chi connectivity index (χ2n) is 7.84. The molecular formula is C24H27N5O. The minimum absolute atomic E-state index is 0.154. The number of hydrogen-bond donors (Lipinski definition) is 1. The average molecular weight is 402 g/mol. The first kappa shape index (κ1) is 20.0. The van der Waals surface area contributed by atoms with E-state index in [2.05, 4.69) is 55.4 Å². The van der Waals surface area contributed by atoms with Crippen LogP contribution in [0.25, 0.3) is 0 Å². The van der Waals surface area contributed by atoms with E-state index >= 15 is 0 Å². The fourth-order valence-electron chi connectivity index (χ4n) is 3.86. The van der Waals surface area contributed by atoms with Crippen LogP contribution in [0.3, 0.4) is 0 Å². The number of carbonyl (C=O) groups is 1. The molecule has 1 aliphatic heterocycles. The molecule has 6 nitrogen and oxygen atoms in total. The van der Waals surface area contributed by atoms with Crippen molar-refractivity contribution in [1.29, 1.82) is 0 Å². The van der Waals surface area contributed by atoms with E-state index in [4.69, 9.17) is 0 Å². The van der Waals surface area contributed by atoms with Crippen molar-refractivity contribution >= 4 is 17.5 Å². The summed E-state index contributed by atoms with van der Waals surface area (Å²) in [6, 6.07) is 18.2. The summed E-state index contributed by atoms with van der Waals surface area (Å²) in [5, 5.41) is 2.91. The first-order valence-corrected chi connectivity index (χ1v) is 10.3. The first-order valence-electron chi connectivity index (χ1n) is 10.3. The van der Waals surface area contributed by atoms with Gasteiger partial charge in [-0.3, -0.25) is 9.69 Å². The van der Waals surface area contributed by atoms with Gasteiger partial charge in [-0.25, -0.2) is 9.97 Å². The number of aromatic nitrogens is 2. The standard InChI is InChI=1S/C24H27N5O/c1-18-12-19(2)14-21(13-18)24(30)27-22-15-23(26-17-25-22)29-10-8-28(9-11-29)16-20-6-4-3-5-7-20/h3-7,12-15,17H,8-11,16H2,1-2H3,(H,25,26,27,30). The van der Waals surface area contributed by atoms with E-state index < -0.39 is 0 Å². The number of anilines is 2. The summed E-state index contributed by atoms with van der Waals surface area (Å²) < 4.78 is 0. The summed E-state index contributed by atoms with van der Waals surface area (Å²) in [5.41, 5.74) is 4.11. The topological polar surface area (TPSA) is 61.4 Å². The van der Waals surface area contributed by atoms with Crippen molar-refractivity contribution in [3.63, 3.8) is 0 Å². The Morgan fingerprint density at radius 2 is 1.63 bits per heavy atom. The van der Waals surface area contributed by atoms with Gasteiger partial charge in [0.2, 0.25) is 0 Å². The molecule has 2 aromatic carbocycles. The van der Waals surface area contributed by atoms with Gasteiger partial charge >= 0.3 is 0 Å². The largest absolute Gasteiger partial charge is 0.354 e. The van der Waals surface area contributed by atoms with Crippen LogP contribution in [0.5, 0.6) is 0 Å². The highest BCUT2D eigenvalue weighted by atomic mass is 16.1. The molecule has 1 fully saturated rings. The molecule has 3 aromatic rings. The zero-order valence-electron chi connectivity index (χ0n) is 17.5. The molecule has 1 saturated heterocycles. The van der Waals surface area contributed by atoms with E-state index in [1.54, 1.807) is 0 Å². The summed E-state index contributed by atoms with van der Waals surface area (Å²) in [5.74, 6) is 1.22. The van der Waals surface area contributed by atoms with E-state index in [1.807, 2.05) is 38.1 Å². The second-order valence-corrected chi connectivity index (χ2v) is 7.84. The Hall–Kier alpha value is -3.25. The summed E-state index contributed by atoms with van der Waals surface area (Å²) in [7, 11) is 0. The fraction of sp³-hybridized carbons (Fsp3) is 0.292. The van der Waals surface area contributed by atoms with Crippen molar-refractivity contribution in [3.05, 3.63) is 83.2 Å². The molecule has 0 spiro atoms. The smallest absolute Gasteiger partial charge is 0.256 e. The normalized spacial score (nSPS) is 14.5. The molecule has 0 radical (unpaired) electrons. The van der Waals surface area contributed by atoms with E-state index in [0.29, 0.717) is 11.4 Å². The molecule has 0 aliphatic carbocycles. The van der Waals surface area contributed by atoms with Gasteiger partial charge in [0.25, 0.3) is 5.91 Å². The van der Waals surface area contributed by atoms with E-state index in [-0.39, 0.29) is 5.91 Å². The summed E-state index contributed by atoms with van der Waals surface area (Å²) in [6.07, 6.45) is 1.52. The number of nitrogens with one attached hydrogen (secondary N) is 1. The van der Waals surface area contributed by atoms with Crippen LogP contribution in [0.1, 0.15) is 27.0 Å². The summed E-state index contributed by atoms with van der Waals surface area (Å²) in [4.78, 5) is 26.0. The average Bonchev–Trinajstić information content (AvgIpc) is 2.74. The lowest BCUT2D eigenvalue weighted by Crippen LogP contribution is -2.46. The molecule has 0 saturated carbocycles. The van der Waals surface area contributed by atoms with Crippen LogP contribution in [-0.4, -0.2) is 47.0 Å². The molecule has 1 amide bonds. The highest BCUT2D eigenvalue weighted by molar-refractivity contribution is 6.04. The molecule has 30 heavy (non-hydrogen) atoms. The van der Waals surface area contributed by atoms with Crippen molar-refractivity contribution in [2.24, 2.45) is 0 Å². The molecule has 2 heterocycles. The highest BCUT2D eigenvalue weighted by Crippen LogP contribution is 2.18. The molecule has 1 aliphatic rings. The van der Waals surface area contributed by atoms with Gasteiger partial charge in [0.1, 0.15) is 18.0 Å². The van der Waals surface area contributed by atoms with Gasteiger partial charge in [-0.05, 0) is 31.5 Å². The zero-order chi connectivity index (χ0) is 20.9. The molecular weight excluding hydrogens is 374 g/mol. The number of piperazine rings is 1. The molecule has 0 atom stereocenters. The van der Waals surface area contributed by atoms with Crippen molar-refractivity contribution in [2.75, 3.05) is 36.4 Å². The maximum Gasteiger partial charge on any atom is 0.256 e. The Morgan fingerprint density at radius 3 is 2.33 bits per heavy atom. The molecule has 1 N–H and O–H groups in total.